The second-order valence-corrected chi connectivity index (χ2v) is 5.50. The van der Waals surface area contributed by atoms with Crippen molar-refractivity contribution in [3.8, 4) is 0 Å². The lowest BCUT2D eigenvalue weighted by Crippen LogP contribution is -2.50. The Balaban J connectivity index is 1.69. The third kappa shape index (κ3) is 3.59. The number of likely N-dealkylation sites (tertiary alicyclic amines) is 1. The number of nitrogens with zero attached hydrogens (tertiary/aromatic N) is 3. The zero-order chi connectivity index (χ0) is 13.0. The van der Waals surface area contributed by atoms with Crippen LogP contribution in [0.2, 0.25) is 0 Å². The number of hydrogen-bond acceptors (Lipinski definition) is 4. The third-order valence-corrected chi connectivity index (χ3v) is 4.16. The molecule has 0 spiro atoms. The number of hydrogen-bond donors (Lipinski definition) is 0. The topological polar surface area (TPSA) is 36.0 Å². The van der Waals surface area contributed by atoms with E-state index >= 15 is 0 Å². The van der Waals surface area contributed by atoms with Crippen LogP contribution >= 0.6 is 0 Å². The van der Waals surface area contributed by atoms with Crippen molar-refractivity contribution in [2.45, 2.75) is 12.8 Å². The van der Waals surface area contributed by atoms with Crippen LogP contribution in [-0.4, -0.2) is 80.8 Å². The first kappa shape index (κ1) is 13.6. The molecule has 0 saturated carbocycles. The van der Waals surface area contributed by atoms with Gasteiger partial charge < -0.3 is 14.5 Å². The zero-order valence-electron chi connectivity index (χ0n) is 11.6. The van der Waals surface area contributed by atoms with Crippen LogP contribution < -0.4 is 0 Å². The molecule has 5 nitrogen and oxygen atoms in total. The standard InChI is InChI=1S/C13H25N3O2/c1-14-5-3-12(4-6-14)11-15-7-9-16(10-8-15)13(17)18-2/h12H,3-11H2,1-2H3. The van der Waals surface area contributed by atoms with Crippen molar-refractivity contribution in [2.75, 3.05) is 60.0 Å². The minimum atomic E-state index is -0.186. The monoisotopic (exact) mass is 255 g/mol. The predicted octanol–water partition coefficient (Wildman–Crippen LogP) is 0.712. The summed E-state index contributed by atoms with van der Waals surface area (Å²) in [7, 11) is 3.65. The molecule has 0 aromatic heterocycles. The summed E-state index contributed by atoms with van der Waals surface area (Å²) < 4.78 is 4.75. The average Bonchev–Trinajstić information content (AvgIpc) is 2.41. The average molecular weight is 255 g/mol. The summed E-state index contributed by atoms with van der Waals surface area (Å²) in [6.45, 7) is 7.24. The Labute approximate surface area is 110 Å². The summed E-state index contributed by atoms with van der Waals surface area (Å²) in [5, 5.41) is 0. The molecule has 2 heterocycles. The van der Waals surface area contributed by atoms with Crippen molar-refractivity contribution in [1.29, 1.82) is 0 Å². The summed E-state index contributed by atoms with van der Waals surface area (Å²) in [5.41, 5.74) is 0. The number of piperidine rings is 1. The Kier molecular flexibility index (Phi) is 4.83. The summed E-state index contributed by atoms with van der Waals surface area (Å²) in [6.07, 6.45) is 2.44. The largest absolute Gasteiger partial charge is 0.453 e. The maximum Gasteiger partial charge on any atom is 0.409 e. The van der Waals surface area contributed by atoms with Gasteiger partial charge in [0.1, 0.15) is 0 Å². The molecule has 0 unspecified atom stereocenters. The van der Waals surface area contributed by atoms with Gasteiger partial charge in [0.2, 0.25) is 0 Å². The second kappa shape index (κ2) is 6.38. The van der Waals surface area contributed by atoms with Gasteiger partial charge in [0.15, 0.2) is 0 Å². The molecule has 2 aliphatic heterocycles. The zero-order valence-corrected chi connectivity index (χ0v) is 11.6. The molecule has 0 N–H and O–H groups in total. The van der Waals surface area contributed by atoms with Crippen molar-refractivity contribution in [2.24, 2.45) is 5.92 Å². The Hall–Kier alpha value is -0.810. The molecule has 5 heteroatoms. The van der Waals surface area contributed by atoms with Crippen molar-refractivity contribution in [3.63, 3.8) is 0 Å². The summed E-state index contributed by atoms with van der Waals surface area (Å²) in [4.78, 5) is 18.1. The van der Waals surface area contributed by atoms with E-state index in [0.717, 1.165) is 32.1 Å². The quantitative estimate of drug-likeness (QED) is 0.728. The molecule has 0 atom stereocenters. The van der Waals surface area contributed by atoms with Crippen LogP contribution in [0, 0.1) is 5.92 Å². The Morgan fingerprint density at radius 2 is 1.72 bits per heavy atom. The fourth-order valence-electron chi connectivity index (χ4n) is 2.85. The maximum atomic E-state index is 11.4. The van der Waals surface area contributed by atoms with Gasteiger partial charge in [-0.25, -0.2) is 4.79 Å². The third-order valence-electron chi connectivity index (χ3n) is 4.16. The van der Waals surface area contributed by atoms with Crippen molar-refractivity contribution in [3.05, 3.63) is 0 Å². The minimum absolute atomic E-state index is 0.186. The first-order chi connectivity index (χ1) is 8.69. The lowest BCUT2D eigenvalue weighted by Gasteiger charge is -2.37. The lowest BCUT2D eigenvalue weighted by atomic mass is 9.96. The highest BCUT2D eigenvalue weighted by molar-refractivity contribution is 5.67. The van der Waals surface area contributed by atoms with Crippen LogP contribution in [0.5, 0.6) is 0 Å². The van der Waals surface area contributed by atoms with Gasteiger partial charge in [-0.15, -0.1) is 0 Å². The molecule has 2 aliphatic rings. The van der Waals surface area contributed by atoms with Gasteiger partial charge in [-0.3, -0.25) is 4.90 Å². The predicted molar refractivity (Wildman–Crippen MR) is 70.6 cm³/mol. The van der Waals surface area contributed by atoms with Crippen LogP contribution in [-0.2, 0) is 4.74 Å². The highest BCUT2D eigenvalue weighted by atomic mass is 16.5. The lowest BCUT2D eigenvalue weighted by molar-refractivity contribution is 0.0789. The highest BCUT2D eigenvalue weighted by Gasteiger charge is 2.24. The molecular weight excluding hydrogens is 230 g/mol. The van der Waals surface area contributed by atoms with Gasteiger partial charge in [-0.05, 0) is 38.9 Å². The van der Waals surface area contributed by atoms with Gasteiger partial charge in [-0.2, -0.15) is 0 Å². The van der Waals surface area contributed by atoms with E-state index in [0.29, 0.717) is 0 Å². The molecule has 0 aromatic rings. The van der Waals surface area contributed by atoms with E-state index in [1.165, 1.54) is 39.6 Å². The molecule has 0 radical (unpaired) electrons. The molecule has 0 bridgehead atoms. The molecule has 2 saturated heterocycles. The number of ether oxygens (including phenoxy) is 1. The molecule has 2 rings (SSSR count). The molecule has 2 fully saturated rings. The van der Waals surface area contributed by atoms with E-state index in [9.17, 15) is 4.79 Å². The van der Waals surface area contributed by atoms with Crippen LogP contribution in [0.3, 0.4) is 0 Å². The van der Waals surface area contributed by atoms with Crippen LogP contribution in [0.25, 0.3) is 0 Å². The van der Waals surface area contributed by atoms with E-state index < -0.39 is 0 Å². The van der Waals surface area contributed by atoms with E-state index in [1.54, 1.807) is 4.90 Å². The summed E-state index contributed by atoms with van der Waals surface area (Å²) in [5.74, 6) is 0.839. The number of methoxy groups -OCH3 is 1. The molecule has 0 aliphatic carbocycles. The molecule has 0 aromatic carbocycles. The van der Waals surface area contributed by atoms with Crippen molar-refractivity contribution >= 4 is 6.09 Å². The highest BCUT2D eigenvalue weighted by Crippen LogP contribution is 2.18. The number of piperazine rings is 1. The fourth-order valence-corrected chi connectivity index (χ4v) is 2.85. The van der Waals surface area contributed by atoms with Crippen LogP contribution in [0.4, 0.5) is 4.79 Å². The van der Waals surface area contributed by atoms with Gasteiger partial charge in [0, 0.05) is 32.7 Å². The SMILES string of the molecule is COC(=O)N1CCN(CC2CCN(C)CC2)CC1. The first-order valence-corrected chi connectivity index (χ1v) is 6.93. The number of amides is 1. The van der Waals surface area contributed by atoms with Crippen LogP contribution in [0.1, 0.15) is 12.8 Å². The van der Waals surface area contributed by atoms with E-state index in [2.05, 4.69) is 16.8 Å². The summed E-state index contributed by atoms with van der Waals surface area (Å²) in [6, 6.07) is 0. The molecule has 18 heavy (non-hydrogen) atoms. The van der Waals surface area contributed by atoms with Gasteiger partial charge in [-0.1, -0.05) is 0 Å². The Morgan fingerprint density at radius 3 is 2.28 bits per heavy atom. The maximum absolute atomic E-state index is 11.4. The van der Waals surface area contributed by atoms with Crippen molar-refractivity contribution in [1.82, 2.24) is 14.7 Å². The van der Waals surface area contributed by atoms with E-state index in [-0.39, 0.29) is 6.09 Å². The Bertz CT molecular complexity index is 269. The number of rotatable bonds is 2. The number of carbonyl (C=O) groups is 1. The Morgan fingerprint density at radius 1 is 1.11 bits per heavy atom. The van der Waals surface area contributed by atoms with Gasteiger partial charge >= 0.3 is 6.09 Å². The van der Waals surface area contributed by atoms with E-state index in [4.69, 9.17) is 4.74 Å². The van der Waals surface area contributed by atoms with Crippen molar-refractivity contribution < 1.29 is 9.53 Å². The second-order valence-electron chi connectivity index (χ2n) is 5.50. The first-order valence-electron chi connectivity index (χ1n) is 6.93. The van der Waals surface area contributed by atoms with Crippen LogP contribution in [0.15, 0.2) is 0 Å². The fraction of sp³-hybridized carbons (Fsp3) is 0.923. The minimum Gasteiger partial charge on any atom is -0.453 e. The summed E-state index contributed by atoms with van der Waals surface area (Å²) >= 11 is 0. The normalized spacial score (nSPS) is 24.2. The molecule has 104 valence electrons. The van der Waals surface area contributed by atoms with Gasteiger partial charge in [0.05, 0.1) is 7.11 Å². The van der Waals surface area contributed by atoms with E-state index in [1.807, 2.05) is 0 Å². The smallest absolute Gasteiger partial charge is 0.409 e. The number of carbonyl (C=O) groups excluding carboxylic acids is 1. The van der Waals surface area contributed by atoms with Gasteiger partial charge in [0.25, 0.3) is 0 Å². The molecule has 1 amide bonds. The molecular formula is C13H25N3O2.